The first-order valence-corrected chi connectivity index (χ1v) is 7.75. The van der Waals surface area contributed by atoms with Gasteiger partial charge in [0.25, 0.3) is 0 Å². The second kappa shape index (κ2) is 7.50. The molecule has 4 heteroatoms. The third kappa shape index (κ3) is 4.69. The Morgan fingerprint density at radius 2 is 2.05 bits per heavy atom. The van der Waals surface area contributed by atoms with E-state index < -0.39 is 0 Å². The van der Waals surface area contributed by atoms with E-state index in [1.54, 1.807) is 0 Å². The first-order valence-electron chi connectivity index (χ1n) is 6.96. The maximum absolute atomic E-state index is 4.64. The number of nitrogens with zero attached hydrogens (tertiary/aromatic N) is 2. The van der Waals surface area contributed by atoms with Gasteiger partial charge in [0, 0.05) is 23.1 Å². The third-order valence-electron chi connectivity index (χ3n) is 2.94. The van der Waals surface area contributed by atoms with Crippen molar-refractivity contribution >= 4 is 15.9 Å². The van der Waals surface area contributed by atoms with Gasteiger partial charge in [0.15, 0.2) is 0 Å². The Morgan fingerprint density at radius 3 is 2.80 bits per heavy atom. The van der Waals surface area contributed by atoms with Gasteiger partial charge in [0.2, 0.25) is 0 Å². The lowest BCUT2D eigenvalue weighted by molar-refractivity contribution is 0.658. The van der Waals surface area contributed by atoms with Crippen molar-refractivity contribution in [1.29, 1.82) is 0 Å². The molecule has 0 radical (unpaired) electrons. The molecule has 0 aliphatic heterocycles. The van der Waals surface area contributed by atoms with Gasteiger partial charge in [-0.2, -0.15) is 0 Å². The van der Waals surface area contributed by atoms with Crippen LogP contribution in [0, 0.1) is 6.92 Å². The highest BCUT2D eigenvalue weighted by atomic mass is 79.9. The molecule has 0 aliphatic carbocycles. The molecule has 1 N–H and O–H groups in total. The minimum atomic E-state index is 0.766. The van der Waals surface area contributed by atoms with Crippen LogP contribution in [-0.4, -0.2) is 16.5 Å². The van der Waals surface area contributed by atoms with Crippen LogP contribution >= 0.6 is 15.9 Å². The Balaban J connectivity index is 2.11. The number of nitrogens with one attached hydrogen (secondary N) is 1. The summed E-state index contributed by atoms with van der Waals surface area (Å²) in [4.78, 5) is 9.17. The van der Waals surface area contributed by atoms with Gasteiger partial charge in [0.05, 0.1) is 5.69 Å². The smallest absolute Gasteiger partial charge is 0.133 e. The van der Waals surface area contributed by atoms with Crippen molar-refractivity contribution in [2.24, 2.45) is 0 Å². The number of benzene rings is 1. The summed E-state index contributed by atoms with van der Waals surface area (Å²) >= 11 is 3.50. The number of aromatic nitrogens is 2. The van der Waals surface area contributed by atoms with Crippen molar-refractivity contribution in [2.45, 2.75) is 33.2 Å². The van der Waals surface area contributed by atoms with Crippen LogP contribution in [0.1, 0.15) is 36.1 Å². The van der Waals surface area contributed by atoms with Gasteiger partial charge in [-0.05, 0) is 43.7 Å². The Morgan fingerprint density at radius 1 is 1.20 bits per heavy atom. The molecule has 1 aromatic heterocycles. The minimum Gasteiger partial charge on any atom is -0.311 e. The zero-order valence-corrected chi connectivity index (χ0v) is 13.6. The molecular formula is C16H20BrN3. The summed E-state index contributed by atoms with van der Waals surface area (Å²) in [6, 6.07) is 10.3. The molecule has 106 valence electrons. The molecule has 3 nitrogen and oxygen atoms in total. The Bertz CT molecular complexity index is 569. The lowest BCUT2D eigenvalue weighted by Gasteiger charge is -2.07. The first-order chi connectivity index (χ1) is 9.67. The summed E-state index contributed by atoms with van der Waals surface area (Å²) in [5.74, 6) is 0.886. The highest BCUT2D eigenvalue weighted by Gasteiger charge is 2.04. The molecule has 0 spiro atoms. The van der Waals surface area contributed by atoms with Crippen molar-refractivity contribution in [3.05, 3.63) is 57.6 Å². The molecule has 2 rings (SSSR count). The molecule has 0 amide bonds. The average molecular weight is 334 g/mol. The van der Waals surface area contributed by atoms with Crippen LogP contribution in [0.5, 0.6) is 0 Å². The number of halogens is 1. The van der Waals surface area contributed by atoms with Gasteiger partial charge < -0.3 is 5.32 Å². The average Bonchev–Trinajstić information content (AvgIpc) is 2.38. The van der Waals surface area contributed by atoms with Crippen LogP contribution in [-0.2, 0) is 13.0 Å². The van der Waals surface area contributed by atoms with E-state index in [9.17, 15) is 0 Å². The van der Waals surface area contributed by atoms with Crippen LogP contribution < -0.4 is 5.32 Å². The van der Waals surface area contributed by atoms with E-state index >= 15 is 0 Å². The molecule has 20 heavy (non-hydrogen) atoms. The minimum absolute atomic E-state index is 0.766. The van der Waals surface area contributed by atoms with E-state index in [-0.39, 0.29) is 0 Å². The zero-order valence-electron chi connectivity index (χ0n) is 12.0. The maximum atomic E-state index is 4.64. The fourth-order valence-electron chi connectivity index (χ4n) is 2.09. The van der Waals surface area contributed by atoms with Gasteiger partial charge in [-0.1, -0.05) is 35.0 Å². The van der Waals surface area contributed by atoms with Crippen LogP contribution in [0.25, 0.3) is 0 Å². The van der Waals surface area contributed by atoms with Crippen LogP contribution in [0.3, 0.4) is 0 Å². The molecule has 1 aromatic carbocycles. The van der Waals surface area contributed by atoms with Gasteiger partial charge in [-0.3, -0.25) is 0 Å². The predicted octanol–water partition coefficient (Wildman–Crippen LogP) is 3.64. The van der Waals surface area contributed by atoms with E-state index in [1.165, 1.54) is 5.56 Å². The Hall–Kier alpha value is -1.26. The molecule has 0 aliphatic rings. The van der Waals surface area contributed by atoms with E-state index in [1.807, 2.05) is 25.1 Å². The maximum Gasteiger partial charge on any atom is 0.133 e. The van der Waals surface area contributed by atoms with Crippen LogP contribution in [0.4, 0.5) is 0 Å². The molecule has 2 aromatic rings. The Kier molecular flexibility index (Phi) is 5.68. The number of rotatable bonds is 6. The summed E-state index contributed by atoms with van der Waals surface area (Å²) in [5, 5.41) is 3.38. The lowest BCUT2D eigenvalue weighted by atomic mass is 10.1. The lowest BCUT2D eigenvalue weighted by Crippen LogP contribution is -2.16. The van der Waals surface area contributed by atoms with Crippen molar-refractivity contribution < 1.29 is 0 Å². The number of aryl methyl sites for hydroxylation is 1. The van der Waals surface area contributed by atoms with Crippen molar-refractivity contribution in [1.82, 2.24) is 15.3 Å². The topological polar surface area (TPSA) is 37.8 Å². The van der Waals surface area contributed by atoms with Crippen LogP contribution in [0.15, 0.2) is 34.8 Å². The quantitative estimate of drug-likeness (QED) is 0.820. The molecular weight excluding hydrogens is 314 g/mol. The number of hydrogen-bond donors (Lipinski definition) is 1. The summed E-state index contributed by atoms with van der Waals surface area (Å²) < 4.78 is 1.09. The van der Waals surface area contributed by atoms with Crippen molar-refractivity contribution in [3.63, 3.8) is 0 Å². The van der Waals surface area contributed by atoms with Gasteiger partial charge in [-0.25, -0.2) is 9.97 Å². The molecule has 0 atom stereocenters. The highest BCUT2D eigenvalue weighted by Crippen LogP contribution is 2.14. The van der Waals surface area contributed by atoms with E-state index in [0.29, 0.717) is 0 Å². The fourth-order valence-corrected chi connectivity index (χ4v) is 2.54. The summed E-state index contributed by atoms with van der Waals surface area (Å²) in [6.07, 6.45) is 1.90. The SMILES string of the molecule is CCCNCc1cc(C)nc(Cc2cccc(Br)c2)n1. The number of hydrogen-bond acceptors (Lipinski definition) is 3. The van der Waals surface area contributed by atoms with Crippen molar-refractivity contribution in [3.8, 4) is 0 Å². The molecule has 0 saturated carbocycles. The van der Waals surface area contributed by atoms with Gasteiger partial charge in [0.1, 0.15) is 5.82 Å². The molecule has 0 fully saturated rings. The summed E-state index contributed by atoms with van der Waals surface area (Å²) in [5.41, 5.74) is 3.31. The summed E-state index contributed by atoms with van der Waals surface area (Å²) in [7, 11) is 0. The van der Waals surface area contributed by atoms with Gasteiger partial charge >= 0.3 is 0 Å². The largest absolute Gasteiger partial charge is 0.311 e. The zero-order chi connectivity index (χ0) is 14.4. The second-order valence-corrected chi connectivity index (χ2v) is 5.82. The first kappa shape index (κ1) is 15.1. The monoisotopic (exact) mass is 333 g/mol. The highest BCUT2D eigenvalue weighted by molar-refractivity contribution is 9.10. The molecule has 0 unspecified atom stereocenters. The second-order valence-electron chi connectivity index (χ2n) is 4.90. The molecule has 0 saturated heterocycles. The van der Waals surface area contributed by atoms with Gasteiger partial charge in [-0.15, -0.1) is 0 Å². The van der Waals surface area contributed by atoms with E-state index in [0.717, 1.165) is 47.6 Å². The standard InChI is InChI=1S/C16H20BrN3/c1-3-7-18-11-15-8-12(2)19-16(20-15)10-13-5-4-6-14(17)9-13/h4-6,8-9,18H,3,7,10-11H2,1-2H3. The van der Waals surface area contributed by atoms with E-state index in [4.69, 9.17) is 0 Å². The molecule has 1 heterocycles. The van der Waals surface area contributed by atoms with Crippen LogP contribution in [0.2, 0.25) is 0 Å². The third-order valence-corrected chi connectivity index (χ3v) is 3.43. The summed E-state index contributed by atoms with van der Waals surface area (Å²) in [6.45, 7) is 6.01. The predicted molar refractivity (Wildman–Crippen MR) is 85.7 cm³/mol. The van der Waals surface area contributed by atoms with Crippen molar-refractivity contribution in [2.75, 3.05) is 6.54 Å². The normalized spacial score (nSPS) is 10.8. The van der Waals surface area contributed by atoms with E-state index in [2.05, 4.69) is 50.3 Å². The molecule has 0 bridgehead atoms. The Labute approximate surface area is 129 Å². The fraction of sp³-hybridized carbons (Fsp3) is 0.375.